The Morgan fingerprint density at radius 1 is 1.14 bits per heavy atom. The van der Waals surface area contributed by atoms with Crippen LogP contribution in [-0.2, 0) is 16.4 Å². The highest BCUT2D eigenvalue weighted by Crippen LogP contribution is 2.33. The van der Waals surface area contributed by atoms with E-state index in [1.54, 1.807) is 6.07 Å². The van der Waals surface area contributed by atoms with Gasteiger partial charge in [-0.2, -0.15) is 4.31 Å². The monoisotopic (exact) mass is 425 g/mol. The molecular weight excluding hydrogens is 402 g/mol. The number of rotatable bonds is 5. The molecule has 1 unspecified atom stereocenters. The van der Waals surface area contributed by atoms with Gasteiger partial charge in [-0.25, -0.2) is 8.42 Å². The SMILES string of the molecule is CCc1ccc([N+](=O)[O-])cc1S(=O)(=O)N1CCN(C)CC1c1ccccc1.Cl. The number of hydrogen-bond acceptors (Lipinski definition) is 5. The number of nitrogens with zero attached hydrogens (tertiary/aromatic N) is 3. The third kappa shape index (κ3) is 4.35. The van der Waals surface area contributed by atoms with Gasteiger partial charge >= 0.3 is 0 Å². The van der Waals surface area contributed by atoms with Crippen LogP contribution in [0.5, 0.6) is 0 Å². The van der Waals surface area contributed by atoms with Gasteiger partial charge in [-0.3, -0.25) is 10.1 Å². The van der Waals surface area contributed by atoms with Gasteiger partial charge in [0.1, 0.15) is 0 Å². The van der Waals surface area contributed by atoms with Gasteiger partial charge in [-0.05, 0) is 24.6 Å². The Labute approximate surface area is 171 Å². The molecule has 7 nitrogen and oxygen atoms in total. The minimum Gasteiger partial charge on any atom is -0.303 e. The molecule has 3 rings (SSSR count). The van der Waals surface area contributed by atoms with Crippen LogP contribution >= 0.6 is 12.4 Å². The van der Waals surface area contributed by atoms with Crippen LogP contribution in [0.15, 0.2) is 53.4 Å². The Kier molecular flexibility index (Phi) is 7.16. The molecule has 0 N–H and O–H groups in total. The van der Waals surface area contributed by atoms with Crippen molar-refractivity contribution in [2.24, 2.45) is 0 Å². The zero-order valence-electron chi connectivity index (χ0n) is 15.8. The largest absolute Gasteiger partial charge is 0.303 e. The number of benzene rings is 2. The van der Waals surface area contributed by atoms with E-state index in [1.165, 1.54) is 16.4 Å². The second-order valence-electron chi connectivity index (χ2n) is 6.71. The van der Waals surface area contributed by atoms with Crippen LogP contribution in [-0.4, -0.2) is 49.2 Å². The summed E-state index contributed by atoms with van der Waals surface area (Å²) >= 11 is 0. The molecule has 1 saturated heterocycles. The third-order valence-electron chi connectivity index (χ3n) is 4.95. The number of piperazine rings is 1. The van der Waals surface area contributed by atoms with Gasteiger partial charge in [-0.1, -0.05) is 43.3 Å². The van der Waals surface area contributed by atoms with E-state index in [0.717, 1.165) is 5.56 Å². The second-order valence-corrected chi connectivity index (χ2v) is 8.57. The van der Waals surface area contributed by atoms with E-state index >= 15 is 0 Å². The Balaban J connectivity index is 0.00000280. The maximum Gasteiger partial charge on any atom is 0.270 e. The fraction of sp³-hybridized carbons (Fsp3) is 0.368. The molecular formula is C19H24ClN3O4S. The lowest BCUT2D eigenvalue weighted by Crippen LogP contribution is -2.49. The number of non-ortho nitro benzene ring substituents is 1. The predicted molar refractivity (Wildman–Crippen MR) is 110 cm³/mol. The summed E-state index contributed by atoms with van der Waals surface area (Å²) in [5.41, 5.74) is 1.29. The second kappa shape index (κ2) is 9.00. The molecule has 28 heavy (non-hydrogen) atoms. The molecule has 0 saturated carbocycles. The van der Waals surface area contributed by atoms with Crippen LogP contribution in [0.4, 0.5) is 5.69 Å². The third-order valence-corrected chi connectivity index (χ3v) is 6.94. The number of halogens is 1. The highest BCUT2D eigenvalue weighted by Gasteiger charge is 2.37. The zero-order chi connectivity index (χ0) is 19.6. The first kappa shape index (κ1) is 22.3. The average Bonchev–Trinajstić information content (AvgIpc) is 2.67. The van der Waals surface area contributed by atoms with Crippen LogP contribution in [0.1, 0.15) is 24.1 Å². The first-order chi connectivity index (χ1) is 12.8. The van der Waals surface area contributed by atoms with E-state index in [4.69, 9.17) is 0 Å². The topological polar surface area (TPSA) is 83.8 Å². The van der Waals surface area contributed by atoms with Crippen LogP contribution in [0.3, 0.4) is 0 Å². The maximum absolute atomic E-state index is 13.5. The first-order valence-electron chi connectivity index (χ1n) is 8.87. The summed E-state index contributed by atoms with van der Waals surface area (Å²) in [5.74, 6) is 0. The summed E-state index contributed by atoms with van der Waals surface area (Å²) in [6.07, 6.45) is 0.482. The Morgan fingerprint density at radius 2 is 1.82 bits per heavy atom. The number of sulfonamides is 1. The number of nitro groups is 1. The predicted octanol–water partition coefficient (Wildman–Crippen LogP) is 3.26. The normalized spacial score (nSPS) is 18.4. The molecule has 0 aliphatic carbocycles. The van der Waals surface area contributed by atoms with Crippen LogP contribution in [0.2, 0.25) is 0 Å². The van der Waals surface area contributed by atoms with Crippen molar-refractivity contribution in [1.29, 1.82) is 0 Å². The van der Waals surface area contributed by atoms with Crippen molar-refractivity contribution in [3.8, 4) is 0 Å². The quantitative estimate of drug-likeness (QED) is 0.542. The van der Waals surface area contributed by atoms with Crippen LogP contribution < -0.4 is 0 Å². The van der Waals surface area contributed by atoms with Gasteiger partial charge in [0.15, 0.2) is 0 Å². The molecule has 1 atom stereocenters. The molecule has 1 aliphatic rings. The summed E-state index contributed by atoms with van der Waals surface area (Å²) < 4.78 is 28.5. The standard InChI is InChI=1S/C19H23N3O4S.ClH/c1-3-15-9-10-17(22(23)24)13-19(15)27(25,26)21-12-11-20(2)14-18(21)16-7-5-4-6-8-16;/h4-10,13,18H,3,11-12,14H2,1-2H3;1H. The van der Waals surface area contributed by atoms with Gasteiger partial charge in [0.2, 0.25) is 10.0 Å². The average molecular weight is 426 g/mol. The van der Waals surface area contributed by atoms with Gasteiger partial charge in [0, 0.05) is 31.8 Å². The van der Waals surface area contributed by atoms with E-state index in [-0.39, 0.29) is 29.0 Å². The molecule has 2 aromatic carbocycles. The van der Waals surface area contributed by atoms with Crippen molar-refractivity contribution in [3.05, 3.63) is 69.8 Å². The van der Waals surface area contributed by atoms with Gasteiger partial charge < -0.3 is 4.90 Å². The molecule has 0 bridgehead atoms. The summed E-state index contributed by atoms with van der Waals surface area (Å²) in [4.78, 5) is 12.7. The van der Waals surface area contributed by atoms with Crippen molar-refractivity contribution in [2.45, 2.75) is 24.3 Å². The van der Waals surface area contributed by atoms with E-state index in [9.17, 15) is 18.5 Å². The van der Waals surface area contributed by atoms with Crippen molar-refractivity contribution in [2.75, 3.05) is 26.7 Å². The number of aryl methyl sites for hydroxylation is 1. The highest BCUT2D eigenvalue weighted by atomic mass is 35.5. The Bertz CT molecular complexity index is 937. The summed E-state index contributed by atoms with van der Waals surface area (Å²) in [5, 5.41) is 11.2. The molecule has 9 heteroatoms. The fourth-order valence-electron chi connectivity index (χ4n) is 3.45. The minimum absolute atomic E-state index is 0. The molecule has 152 valence electrons. The van der Waals surface area contributed by atoms with Crippen molar-refractivity contribution in [3.63, 3.8) is 0 Å². The highest BCUT2D eigenvalue weighted by molar-refractivity contribution is 7.89. The lowest BCUT2D eigenvalue weighted by atomic mass is 10.1. The molecule has 2 aromatic rings. The van der Waals surface area contributed by atoms with Crippen molar-refractivity contribution < 1.29 is 13.3 Å². The zero-order valence-corrected chi connectivity index (χ0v) is 17.4. The van der Waals surface area contributed by atoms with Gasteiger partial charge in [-0.15, -0.1) is 12.4 Å². The van der Waals surface area contributed by atoms with Crippen molar-refractivity contribution >= 4 is 28.1 Å². The number of likely N-dealkylation sites (N-methyl/N-ethyl adjacent to an activating group) is 1. The lowest BCUT2D eigenvalue weighted by molar-refractivity contribution is -0.385. The van der Waals surface area contributed by atoms with E-state index in [2.05, 4.69) is 4.90 Å². The smallest absolute Gasteiger partial charge is 0.270 e. The van der Waals surface area contributed by atoms with E-state index in [0.29, 0.717) is 31.6 Å². The lowest BCUT2D eigenvalue weighted by Gasteiger charge is -2.39. The first-order valence-corrected chi connectivity index (χ1v) is 10.3. The maximum atomic E-state index is 13.5. The molecule has 1 fully saturated rings. The number of nitro benzene ring substituents is 1. The number of hydrogen-bond donors (Lipinski definition) is 0. The molecule has 0 radical (unpaired) electrons. The van der Waals surface area contributed by atoms with Gasteiger partial charge in [0.05, 0.1) is 15.9 Å². The van der Waals surface area contributed by atoms with Crippen LogP contribution in [0, 0.1) is 10.1 Å². The van der Waals surface area contributed by atoms with E-state index < -0.39 is 14.9 Å². The molecule has 0 amide bonds. The Morgan fingerprint density at radius 3 is 2.43 bits per heavy atom. The molecule has 1 aliphatic heterocycles. The Hall–Kier alpha value is -2.00. The summed E-state index contributed by atoms with van der Waals surface area (Å²) in [7, 11) is -1.92. The minimum atomic E-state index is -3.88. The van der Waals surface area contributed by atoms with Gasteiger partial charge in [0.25, 0.3) is 5.69 Å². The summed E-state index contributed by atoms with van der Waals surface area (Å²) in [6, 6.07) is 13.3. The van der Waals surface area contributed by atoms with E-state index in [1.807, 2.05) is 44.3 Å². The summed E-state index contributed by atoms with van der Waals surface area (Å²) in [6.45, 7) is 3.36. The van der Waals surface area contributed by atoms with Crippen LogP contribution in [0.25, 0.3) is 0 Å². The molecule has 0 spiro atoms. The molecule has 0 aromatic heterocycles. The van der Waals surface area contributed by atoms with Crippen molar-refractivity contribution in [1.82, 2.24) is 9.21 Å². The fourth-order valence-corrected chi connectivity index (χ4v) is 5.36. The molecule has 1 heterocycles.